The summed E-state index contributed by atoms with van der Waals surface area (Å²) in [5.74, 6) is -0.971. The van der Waals surface area contributed by atoms with Crippen molar-refractivity contribution >= 4 is 19.8 Å². The number of nitrogens with zero attached hydrogens (tertiary/aromatic N) is 1. The largest absolute Gasteiger partial charge is 0.472 e. The molecule has 0 aromatic rings. The van der Waals surface area contributed by atoms with Crippen molar-refractivity contribution in [3.63, 3.8) is 0 Å². The van der Waals surface area contributed by atoms with Crippen LogP contribution in [0.1, 0.15) is 136 Å². The molecule has 0 aromatic carbocycles. The number of esters is 2. The van der Waals surface area contributed by atoms with Crippen molar-refractivity contribution in [2.45, 2.75) is 154 Å². The number of aliphatic hydroxyl groups is 2. The van der Waals surface area contributed by atoms with Crippen molar-refractivity contribution in [2.24, 2.45) is 0 Å². The summed E-state index contributed by atoms with van der Waals surface area (Å²) < 4.78 is 34.1. The molecule has 4 atom stereocenters. The Bertz CT molecular complexity index is 1240. The molecule has 0 amide bonds. The van der Waals surface area contributed by atoms with Crippen molar-refractivity contribution < 1.29 is 52.3 Å². The lowest BCUT2D eigenvalue weighted by atomic mass is 10.0. The van der Waals surface area contributed by atoms with Crippen molar-refractivity contribution in [1.82, 2.24) is 0 Å². The Balaban J connectivity index is 4.61. The number of quaternary nitrogens is 1. The predicted octanol–water partition coefficient (Wildman–Crippen LogP) is 9.79. The highest BCUT2D eigenvalue weighted by atomic mass is 31.2. The lowest BCUT2D eigenvalue weighted by molar-refractivity contribution is -0.870. The van der Waals surface area contributed by atoms with Gasteiger partial charge in [0.1, 0.15) is 19.8 Å². The Hall–Kier alpha value is -2.63. The number of likely N-dealkylation sites (N-methyl/N-ethyl adjacent to an activating group) is 1. The number of carbonyl (C=O) groups excluding carboxylic acids is 2. The lowest BCUT2D eigenvalue weighted by Gasteiger charge is -2.24. The van der Waals surface area contributed by atoms with E-state index in [2.05, 4.69) is 6.92 Å². The summed E-state index contributed by atoms with van der Waals surface area (Å²) in [6.45, 7) is 4.00. The number of carbonyl (C=O) groups is 2. The van der Waals surface area contributed by atoms with Gasteiger partial charge in [0.2, 0.25) is 0 Å². The maximum absolute atomic E-state index is 12.6. The molecule has 0 radical (unpaired) electrons. The van der Waals surface area contributed by atoms with E-state index in [0.717, 1.165) is 25.7 Å². The number of ether oxygens (including phenoxy) is 2. The van der Waals surface area contributed by atoms with E-state index >= 15 is 0 Å². The molecule has 0 aliphatic carbocycles. The van der Waals surface area contributed by atoms with Crippen LogP contribution >= 0.6 is 7.82 Å². The van der Waals surface area contributed by atoms with E-state index in [0.29, 0.717) is 43.1 Å². The second kappa shape index (κ2) is 36.4. The molecule has 1 unspecified atom stereocenters. The van der Waals surface area contributed by atoms with Crippen molar-refractivity contribution in [3.8, 4) is 0 Å². The highest BCUT2D eigenvalue weighted by Gasteiger charge is 2.27. The zero-order valence-electron chi connectivity index (χ0n) is 36.0. The molecule has 0 rings (SSSR count). The van der Waals surface area contributed by atoms with Gasteiger partial charge in [-0.1, -0.05) is 157 Å². The summed E-state index contributed by atoms with van der Waals surface area (Å²) in [6, 6.07) is 0. The van der Waals surface area contributed by atoms with Gasteiger partial charge in [-0.3, -0.25) is 18.6 Å². The quantitative estimate of drug-likeness (QED) is 0.0138. The van der Waals surface area contributed by atoms with Crippen LogP contribution in [-0.4, -0.2) is 97.3 Å². The van der Waals surface area contributed by atoms with Crippen LogP contribution in [0, 0.1) is 0 Å². The Morgan fingerprint density at radius 2 is 1.19 bits per heavy atom. The maximum Gasteiger partial charge on any atom is 0.472 e. The van der Waals surface area contributed by atoms with Crippen LogP contribution in [0.3, 0.4) is 0 Å². The van der Waals surface area contributed by atoms with E-state index < -0.39 is 44.7 Å². The first-order valence-electron chi connectivity index (χ1n) is 21.4. The highest BCUT2D eigenvalue weighted by Crippen LogP contribution is 2.43. The molecule has 0 saturated carbocycles. The minimum Gasteiger partial charge on any atom is -0.462 e. The topological polar surface area (TPSA) is 149 Å². The summed E-state index contributed by atoms with van der Waals surface area (Å²) in [6.07, 6.45) is 37.4. The minimum atomic E-state index is -4.42. The molecule has 0 heterocycles. The van der Waals surface area contributed by atoms with E-state index in [9.17, 15) is 29.3 Å². The smallest absolute Gasteiger partial charge is 0.462 e. The Labute approximate surface area is 345 Å². The Morgan fingerprint density at radius 1 is 0.649 bits per heavy atom. The van der Waals surface area contributed by atoms with Gasteiger partial charge in [0, 0.05) is 12.8 Å². The first-order chi connectivity index (χ1) is 27.3. The normalized spacial score (nSPS) is 15.4. The van der Waals surface area contributed by atoms with Crippen molar-refractivity contribution in [2.75, 3.05) is 47.5 Å². The summed E-state index contributed by atoms with van der Waals surface area (Å²) in [7, 11) is 1.37. The van der Waals surface area contributed by atoms with Gasteiger partial charge in [-0.2, -0.15) is 0 Å². The van der Waals surface area contributed by atoms with Gasteiger partial charge >= 0.3 is 19.8 Å². The monoisotopic (exact) mass is 825 g/mol. The van der Waals surface area contributed by atoms with Crippen LogP contribution in [-0.2, 0) is 32.7 Å². The molecule has 328 valence electrons. The molecule has 0 aromatic heterocycles. The third-order valence-corrected chi connectivity index (χ3v) is 9.67. The SMILES string of the molecule is CC/C=C\C[C@@H](O)/C=C/C=C\C=C\[C@@H](O)C/C=C\C/C=C\CCC(=O)OC[C@H](COP(=O)(O)OCC[N+](C)(C)C)OC(=O)CCCCCCCCCCCCCC. The fraction of sp³-hybridized carbons (Fsp3) is 0.689. The van der Waals surface area contributed by atoms with Gasteiger partial charge in [0.15, 0.2) is 6.10 Å². The first kappa shape index (κ1) is 54.4. The number of rotatable bonds is 37. The number of phosphoric acid groups is 1. The Morgan fingerprint density at radius 3 is 1.75 bits per heavy atom. The number of allylic oxidation sites excluding steroid dienone is 8. The molecular formula is C45H79NO10P+. The third-order valence-electron chi connectivity index (χ3n) is 8.68. The van der Waals surface area contributed by atoms with Gasteiger partial charge in [-0.25, -0.2) is 4.57 Å². The first-order valence-corrected chi connectivity index (χ1v) is 22.9. The molecule has 12 heteroatoms. The van der Waals surface area contributed by atoms with E-state index in [1.807, 2.05) is 64.5 Å². The van der Waals surface area contributed by atoms with E-state index in [1.165, 1.54) is 51.4 Å². The fourth-order valence-electron chi connectivity index (χ4n) is 5.27. The van der Waals surface area contributed by atoms with E-state index in [1.54, 1.807) is 36.5 Å². The summed E-state index contributed by atoms with van der Waals surface area (Å²) in [4.78, 5) is 35.3. The number of aliphatic hydroxyl groups excluding tert-OH is 2. The lowest BCUT2D eigenvalue weighted by Crippen LogP contribution is -2.37. The van der Waals surface area contributed by atoms with Gasteiger partial charge in [0.25, 0.3) is 0 Å². The summed E-state index contributed by atoms with van der Waals surface area (Å²) >= 11 is 0. The van der Waals surface area contributed by atoms with Gasteiger partial charge in [0.05, 0.1) is 40.0 Å². The van der Waals surface area contributed by atoms with Crippen molar-refractivity contribution in [1.29, 1.82) is 0 Å². The van der Waals surface area contributed by atoms with Crippen LogP contribution < -0.4 is 0 Å². The molecule has 57 heavy (non-hydrogen) atoms. The molecule has 0 saturated heterocycles. The second-order valence-corrected chi connectivity index (χ2v) is 16.9. The highest BCUT2D eigenvalue weighted by molar-refractivity contribution is 7.47. The third kappa shape index (κ3) is 40.0. The standard InChI is InChI=1S/C45H78NO10P/c1-6-8-10-11-12-13-14-15-16-17-22-30-36-45(50)56-43(40-55-57(51,52)54-38-37-46(3,4)5)39-53-44(49)35-29-21-19-18-20-26-32-42(48)34-28-24-23-27-33-41(47)31-25-9-7-2/h9,19-21,23-28,33-34,41-43,47-48H,6-8,10-18,22,29-32,35-40H2,1-5H3/p+1/b21-19-,24-23-,25-9-,26-20-,33-27+,34-28+/t41-,42+,43-/m1/s1. The van der Waals surface area contributed by atoms with Crippen LogP contribution in [0.2, 0.25) is 0 Å². The number of hydrogen-bond donors (Lipinski definition) is 3. The zero-order chi connectivity index (χ0) is 42.5. The van der Waals surface area contributed by atoms with E-state index in [-0.39, 0.29) is 26.1 Å². The number of hydrogen-bond acceptors (Lipinski definition) is 9. The van der Waals surface area contributed by atoms with Gasteiger partial charge < -0.3 is 29.1 Å². The molecular weight excluding hydrogens is 745 g/mol. The zero-order valence-corrected chi connectivity index (χ0v) is 36.9. The fourth-order valence-corrected chi connectivity index (χ4v) is 6.01. The van der Waals surface area contributed by atoms with Crippen LogP contribution in [0.4, 0.5) is 0 Å². The summed E-state index contributed by atoms with van der Waals surface area (Å²) in [5, 5.41) is 20.0. The molecule has 11 nitrogen and oxygen atoms in total. The molecule has 0 aliphatic rings. The molecule has 0 fully saturated rings. The molecule has 0 bridgehead atoms. The average molecular weight is 825 g/mol. The number of unbranched alkanes of at least 4 members (excludes halogenated alkanes) is 11. The van der Waals surface area contributed by atoms with Crippen LogP contribution in [0.25, 0.3) is 0 Å². The maximum atomic E-state index is 12.6. The molecule has 3 N–H and O–H groups in total. The minimum absolute atomic E-state index is 0.0000638. The molecule has 0 spiro atoms. The van der Waals surface area contributed by atoms with Crippen LogP contribution in [0.5, 0.6) is 0 Å². The molecule has 0 aliphatic heterocycles. The van der Waals surface area contributed by atoms with Gasteiger partial charge in [-0.05, 0) is 38.5 Å². The van der Waals surface area contributed by atoms with Crippen LogP contribution in [0.15, 0.2) is 72.9 Å². The van der Waals surface area contributed by atoms with E-state index in [4.69, 9.17) is 18.5 Å². The average Bonchev–Trinajstić information content (AvgIpc) is 3.15. The Kier molecular flexibility index (Phi) is 34.8. The predicted molar refractivity (Wildman–Crippen MR) is 231 cm³/mol. The second-order valence-electron chi connectivity index (χ2n) is 15.4. The van der Waals surface area contributed by atoms with Crippen molar-refractivity contribution in [3.05, 3.63) is 72.9 Å². The number of phosphoric ester groups is 1. The van der Waals surface area contributed by atoms with Gasteiger partial charge in [-0.15, -0.1) is 0 Å². The summed E-state index contributed by atoms with van der Waals surface area (Å²) in [5.41, 5.74) is 0.